The quantitative estimate of drug-likeness (QED) is 0.827. The molecule has 2 N–H and O–H groups in total. The van der Waals surface area contributed by atoms with E-state index in [1.807, 2.05) is 30.3 Å². The normalized spacial score (nSPS) is 18.8. The van der Waals surface area contributed by atoms with Crippen molar-refractivity contribution in [3.63, 3.8) is 0 Å². The van der Waals surface area contributed by atoms with Crippen LogP contribution in [0.2, 0.25) is 0 Å². The number of hydrogen-bond donors (Lipinski definition) is 2. The van der Waals surface area contributed by atoms with Gasteiger partial charge in [-0.2, -0.15) is 0 Å². The van der Waals surface area contributed by atoms with Gasteiger partial charge < -0.3 is 15.2 Å². The lowest BCUT2D eigenvalue weighted by Gasteiger charge is -2.32. The molecule has 6 heteroatoms. The molecule has 0 bridgehead atoms. The average molecular weight is 354 g/mol. The Morgan fingerprint density at radius 1 is 1.12 bits per heavy atom. The second-order valence-electron chi connectivity index (χ2n) is 6.27. The topological polar surface area (TPSA) is 78.9 Å². The second-order valence-corrected chi connectivity index (χ2v) is 6.27. The molecular weight excluding hydrogens is 332 g/mol. The SMILES string of the molecule is O=C(N[C@H](C(=O)O)c1ccccc1)C1CN(Cc2ccccc2)CCO1. The van der Waals surface area contributed by atoms with Crippen LogP contribution in [-0.4, -0.2) is 47.7 Å². The maximum Gasteiger partial charge on any atom is 0.330 e. The molecule has 1 amide bonds. The highest BCUT2D eigenvalue weighted by molar-refractivity contribution is 5.87. The maximum absolute atomic E-state index is 12.6. The van der Waals surface area contributed by atoms with Gasteiger partial charge >= 0.3 is 5.97 Å². The Labute approximate surface area is 152 Å². The van der Waals surface area contributed by atoms with Gasteiger partial charge in [-0.3, -0.25) is 9.69 Å². The number of nitrogens with one attached hydrogen (secondary N) is 1. The van der Waals surface area contributed by atoms with E-state index >= 15 is 0 Å². The molecule has 1 heterocycles. The molecule has 2 atom stereocenters. The number of morpholine rings is 1. The largest absolute Gasteiger partial charge is 0.479 e. The minimum absolute atomic E-state index is 0.404. The highest BCUT2D eigenvalue weighted by Crippen LogP contribution is 2.15. The summed E-state index contributed by atoms with van der Waals surface area (Å²) in [7, 11) is 0. The zero-order valence-corrected chi connectivity index (χ0v) is 14.4. The van der Waals surface area contributed by atoms with E-state index in [-0.39, 0.29) is 0 Å². The first-order chi connectivity index (χ1) is 12.6. The third-order valence-corrected chi connectivity index (χ3v) is 4.36. The Balaban J connectivity index is 1.62. The third kappa shape index (κ3) is 4.68. The van der Waals surface area contributed by atoms with Crippen LogP contribution < -0.4 is 5.32 Å². The van der Waals surface area contributed by atoms with E-state index in [1.54, 1.807) is 30.3 Å². The summed E-state index contributed by atoms with van der Waals surface area (Å²) in [6, 6.07) is 17.6. The molecule has 0 aromatic heterocycles. The smallest absolute Gasteiger partial charge is 0.330 e. The Kier molecular flexibility index (Phi) is 5.99. The first kappa shape index (κ1) is 18.1. The number of benzene rings is 2. The van der Waals surface area contributed by atoms with Crippen LogP contribution in [0.3, 0.4) is 0 Å². The molecule has 1 aliphatic rings. The lowest BCUT2D eigenvalue weighted by Crippen LogP contribution is -2.50. The zero-order valence-electron chi connectivity index (χ0n) is 14.4. The first-order valence-electron chi connectivity index (χ1n) is 8.59. The van der Waals surface area contributed by atoms with Crippen molar-refractivity contribution in [2.45, 2.75) is 18.7 Å². The molecule has 1 unspecified atom stereocenters. The van der Waals surface area contributed by atoms with Crippen LogP contribution in [0.1, 0.15) is 17.2 Å². The Bertz CT molecular complexity index is 736. The molecule has 1 aliphatic heterocycles. The summed E-state index contributed by atoms with van der Waals surface area (Å²) in [5.74, 6) is -1.50. The molecule has 2 aromatic carbocycles. The van der Waals surface area contributed by atoms with Gasteiger partial charge in [-0.1, -0.05) is 60.7 Å². The highest BCUT2D eigenvalue weighted by Gasteiger charge is 2.30. The summed E-state index contributed by atoms with van der Waals surface area (Å²) in [6.07, 6.45) is -0.682. The summed E-state index contributed by atoms with van der Waals surface area (Å²) in [5.41, 5.74) is 1.70. The molecule has 136 valence electrons. The number of hydrogen-bond acceptors (Lipinski definition) is 4. The van der Waals surface area contributed by atoms with E-state index in [4.69, 9.17) is 4.74 Å². The van der Waals surface area contributed by atoms with Gasteiger partial charge in [0.05, 0.1) is 6.61 Å². The summed E-state index contributed by atoms with van der Waals surface area (Å²) < 4.78 is 5.58. The van der Waals surface area contributed by atoms with Crippen molar-refractivity contribution in [1.29, 1.82) is 0 Å². The van der Waals surface area contributed by atoms with Crippen LogP contribution in [-0.2, 0) is 20.9 Å². The van der Waals surface area contributed by atoms with Crippen LogP contribution in [0, 0.1) is 0 Å². The molecular formula is C20H22N2O4. The summed E-state index contributed by atoms with van der Waals surface area (Å²) in [6.45, 7) is 2.34. The van der Waals surface area contributed by atoms with Gasteiger partial charge in [-0.15, -0.1) is 0 Å². The fourth-order valence-electron chi connectivity index (χ4n) is 3.01. The number of carboxylic acids is 1. The van der Waals surface area contributed by atoms with Gasteiger partial charge in [-0.05, 0) is 11.1 Å². The minimum atomic E-state index is -1.10. The molecule has 3 rings (SSSR count). The Hall–Kier alpha value is -2.70. The van der Waals surface area contributed by atoms with E-state index in [9.17, 15) is 14.7 Å². The van der Waals surface area contributed by atoms with Crippen LogP contribution >= 0.6 is 0 Å². The molecule has 2 aromatic rings. The lowest BCUT2D eigenvalue weighted by atomic mass is 10.1. The average Bonchev–Trinajstić information content (AvgIpc) is 2.67. The van der Waals surface area contributed by atoms with Crippen molar-refractivity contribution >= 4 is 11.9 Å². The van der Waals surface area contributed by atoms with Crippen LogP contribution in [0.25, 0.3) is 0 Å². The van der Waals surface area contributed by atoms with Crippen molar-refractivity contribution in [3.8, 4) is 0 Å². The lowest BCUT2D eigenvalue weighted by molar-refractivity contribution is -0.147. The molecule has 0 aliphatic carbocycles. The number of carboxylic acid groups (broad SMARTS) is 1. The third-order valence-electron chi connectivity index (χ3n) is 4.36. The van der Waals surface area contributed by atoms with Gasteiger partial charge in [0.1, 0.15) is 6.10 Å². The predicted octanol–water partition coefficient (Wildman–Crippen LogP) is 1.83. The van der Waals surface area contributed by atoms with E-state index in [0.717, 1.165) is 13.1 Å². The van der Waals surface area contributed by atoms with E-state index in [1.165, 1.54) is 5.56 Å². The van der Waals surface area contributed by atoms with Crippen molar-refractivity contribution in [3.05, 3.63) is 71.8 Å². The van der Waals surface area contributed by atoms with Crippen LogP contribution in [0.15, 0.2) is 60.7 Å². The Morgan fingerprint density at radius 2 is 1.77 bits per heavy atom. The van der Waals surface area contributed by atoms with Crippen molar-refractivity contribution < 1.29 is 19.4 Å². The number of ether oxygens (including phenoxy) is 1. The van der Waals surface area contributed by atoms with E-state index in [0.29, 0.717) is 18.7 Å². The van der Waals surface area contributed by atoms with Gasteiger partial charge in [0.2, 0.25) is 0 Å². The highest BCUT2D eigenvalue weighted by atomic mass is 16.5. The summed E-state index contributed by atoms with van der Waals surface area (Å²) in [5, 5.41) is 12.1. The number of amides is 1. The number of nitrogens with zero attached hydrogens (tertiary/aromatic N) is 1. The van der Waals surface area contributed by atoms with E-state index in [2.05, 4.69) is 10.2 Å². The van der Waals surface area contributed by atoms with Gasteiger partial charge in [0.25, 0.3) is 5.91 Å². The van der Waals surface area contributed by atoms with E-state index < -0.39 is 24.0 Å². The predicted molar refractivity (Wildman–Crippen MR) is 96.4 cm³/mol. The fourth-order valence-corrected chi connectivity index (χ4v) is 3.01. The molecule has 1 fully saturated rings. The molecule has 0 saturated carbocycles. The van der Waals surface area contributed by atoms with Gasteiger partial charge in [0.15, 0.2) is 6.04 Å². The van der Waals surface area contributed by atoms with Crippen LogP contribution in [0.5, 0.6) is 0 Å². The number of rotatable bonds is 6. The monoisotopic (exact) mass is 354 g/mol. The van der Waals surface area contributed by atoms with Crippen molar-refractivity contribution in [2.24, 2.45) is 0 Å². The number of carbonyl (C=O) groups is 2. The Morgan fingerprint density at radius 3 is 2.42 bits per heavy atom. The molecule has 6 nitrogen and oxygen atoms in total. The first-order valence-corrected chi connectivity index (χ1v) is 8.59. The summed E-state index contributed by atoms with van der Waals surface area (Å²) in [4.78, 5) is 26.3. The number of aliphatic carboxylic acids is 1. The fraction of sp³-hybridized carbons (Fsp3) is 0.300. The summed E-state index contributed by atoms with van der Waals surface area (Å²) >= 11 is 0. The molecule has 0 radical (unpaired) electrons. The standard InChI is InChI=1S/C20H22N2O4/c23-19(21-18(20(24)25)16-9-5-2-6-10-16)17-14-22(11-12-26-17)13-15-7-3-1-4-8-15/h1-10,17-18H,11-14H2,(H,21,23)(H,24,25)/t17?,18-/m0/s1. The maximum atomic E-state index is 12.6. The number of carbonyl (C=O) groups excluding carboxylic acids is 1. The molecule has 0 spiro atoms. The second kappa shape index (κ2) is 8.60. The van der Waals surface area contributed by atoms with Gasteiger partial charge in [-0.25, -0.2) is 4.79 Å². The molecule has 1 saturated heterocycles. The van der Waals surface area contributed by atoms with Crippen molar-refractivity contribution in [1.82, 2.24) is 10.2 Å². The van der Waals surface area contributed by atoms with Gasteiger partial charge in [0, 0.05) is 19.6 Å². The van der Waals surface area contributed by atoms with Crippen LogP contribution in [0.4, 0.5) is 0 Å². The molecule has 26 heavy (non-hydrogen) atoms. The van der Waals surface area contributed by atoms with Crippen molar-refractivity contribution in [2.75, 3.05) is 19.7 Å². The minimum Gasteiger partial charge on any atom is -0.479 e. The zero-order chi connectivity index (χ0) is 18.4.